The van der Waals surface area contributed by atoms with Crippen molar-refractivity contribution in [1.82, 2.24) is 10.3 Å². The zero-order valence-corrected chi connectivity index (χ0v) is 12.3. The summed E-state index contributed by atoms with van der Waals surface area (Å²) in [5.41, 5.74) is 2.36. The highest BCUT2D eigenvalue weighted by Gasteiger charge is 2.11. The van der Waals surface area contributed by atoms with Gasteiger partial charge in [-0.25, -0.2) is 0 Å². The lowest BCUT2D eigenvalue weighted by molar-refractivity contribution is 0.595. The number of pyridine rings is 1. The molecule has 0 bridgehead atoms. The first-order valence-electron chi connectivity index (χ1n) is 5.52. The van der Waals surface area contributed by atoms with Crippen LogP contribution in [-0.4, -0.2) is 12.0 Å². The Kier molecular flexibility index (Phi) is 4.31. The SMILES string of the molecule is CNC(Cc1cc(Br)cs1)c1ccnc(C)c1. The van der Waals surface area contributed by atoms with Gasteiger partial charge < -0.3 is 5.32 Å². The maximum absolute atomic E-state index is 4.24. The van der Waals surface area contributed by atoms with Crippen molar-refractivity contribution in [3.05, 3.63) is 50.4 Å². The van der Waals surface area contributed by atoms with Crippen molar-refractivity contribution in [3.8, 4) is 0 Å². The number of likely N-dealkylation sites (N-methyl/N-ethyl adjacent to an activating group) is 1. The van der Waals surface area contributed by atoms with Crippen molar-refractivity contribution in [2.75, 3.05) is 7.05 Å². The Labute approximate surface area is 114 Å². The van der Waals surface area contributed by atoms with E-state index in [2.05, 4.69) is 49.8 Å². The average molecular weight is 311 g/mol. The third-order valence-electron chi connectivity index (χ3n) is 2.70. The summed E-state index contributed by atoms with van der Waals surface area (Å²) >= 11 is 5.28. The van der Waals surface area contributed by atoms with Crippen molar-refractivity contribution in [1.29, 1.82) is 0 Å². The van der Waals surface area contributed by atoms with Crippen molar-refractivity contribution < 1.29 is 0 Å². The predicted molar refractivity (Wildman–Crippen MR) is 76.5 cm³/mol. The van der Waals surface area contributed by atoms with Gasteiger partial charge in [0, 0.05) is 39.1 Å². The lowest BCUT2D eigenvalue weighted by Crippen LogP contribution is -2.18. The molecule has 0 aliphatic heterocycles. The maximum atomic E-state index is 4.24. The van der Waals surface area contributed by atoms with Gasteiger partial charge >= 0.3 is 0 Å². The van der Waals surface area contributed by atoms with Crippen molar-refractivity contribution in [3.63, 3.8) is 0 Å². The summed E-state index contributed by atoms with van der Waals surface area (Å²) in [6.45, 7) is 2.03. The molecule has 0 radical (unpaired) electrons. The smallest absolute Gasteiger partial charge is 0.0375 e. The van der Waals surface area contributed by atoms with Crippen LogP contribution >= 0.6 is 27.3 Å². The van der Waals surface area contributed by atoms with E-state index in [-0.39, 0.29) is 0 Å². The molecule has 2 nitrogen and oxygen atoms in total. The molecule has 1 atom stereocenters. The lowest BCUT2D eigenvalue weighted by atomic mass is 10.0. The molecule has 2 aromatic heterocycles. The van der Waals surface area contributed by atoms with E-state index in [0.29, 0.717) is 6.04 Å². The van der Waals surface area contributed by atoms with Gasteiger partial charge in [0.15, 0.2) is 0 Å². The number of nitrogens with one attached hydrogen (secondary N) is 1. The molecule has 2 aromatic rings. The molecule has 0 aliphatic rings. The van der Waals surface area contributed by atoms with Gasteiger partial charge in [-0.15, -0.1) is 11.3 Å². The second kappa shape index (κ2) is 5.76. The molecule has 0 saturated heterocycles. The van der Waals surface area contributed by atoms with Crippen molar-refractivity contribution >= 4 is 27.3 Å². The van der Waals surface area contributed by atoms with Crippen LogP contribution in [0.1, 0.15) is 22.2 Å². The minimum Gasteiger partial charge on any atom is -0.313 e. The molecule has 17 heavy (non-hydrogen) atoms. The molecular formula is C13H15BrN2S. The molecule has 0 saturated carbocycles. The highest BCUT2D eigenvalue weighted by atomic mass is 79.9. The minimum absolute atomic E-state index is 0.349. The minimum atomic E-state index is 0.349. The molecule has 90 valence electrons. The number of hydrogen-bond donors (Lipinski definition) is 1. The zero-order chi connectivity index (χ0) is 12.3. The van der Waals surface area contributed by atoms with Crippen LogP contribution < -0.4 is 5.32 Å². The van der Waals surface area contributed by atoms with Gasteiger partial charge in [-0.05, 0) is 53.7 Å². The van der Waals surface area contributed by atoms with Gasteiger partial charge in [-0.1, -0.05) is 0 Å². The number of aryl methyl sites for hydroxylation is 1. The van der Waals surface area contributed by atoms with E-state index in [9.17, 15) is 0 Å². The summed E-state index contributed by atoms with van der Waals surface area (Å²) in [6.07, 6.45) is 2.88. The third-order valence-corrected chi connectivity index (χ3v) is 4.42. The predicted octanol–water partition coefficient (Wildman–Crippen LogP) is 3.72. The number of nitrogens with zero attached hydrogens (tertiary/aromatic N) is 1. The average Bonchev–Trinajstić information content (AvgIpc) is 2.72. The summed E-state index contributed by atoms with van der Waals surface area (Å²) in [7, 11) is 2.00. The topological polar surface area (TPSA) is 24.9 Å². The maximum Gasteiger partial charge on any atom is 0.0375 e. The van der Waals surface area contributed by atoms with E-state index in [1.807, 2.05) is 20.2 Å². The Balaban J connectivity index is 2.16. The first kappa shape index (κ1) is 12.7. The Bertz CT molecular complexity index is 496. The molecule has 2 heterocycles. The number of halogens is 1. The highest BCUT2D eigenvalue weighted by Crippen LogP contribution is 2.25. The molecule has 0 aromatic carbocycles. The molecule has 2 rings (SSSR count). The van der Waals surface area contributed by atoms with Crippen LogP contribution in [0.3, 0.4) is 0 Å². The number of hydrogen-bond acceptors (Lipinski definition) is 3. The fourth-order valence-electron chi connectivity index (χ4n) is 1.83. The molecule has 0 amide bonds. The van der Waals surface area contributed by atoms with Gasteiger partial charge in [0.25, 0.3) is 0 Å². The molecule has 1 N–H and O–H groups in total. The Morgan fingerprint density at radius 2 is 2.29 bits per heavy atom. The fraction of sp³-hybridized carbons (Fsp3) is 0.308. The molecule has 0 spiro atoms. The van der Waals surface area contributed by atoms with Crippen molar-refractivity contribution in [2.45, 2.75) is 19.4 Å². The number of thiophene rings is 1. The first-order chi connectivity index (χ1) is 8.19. The second-order valence-corrected chi connectivity index (χ2v) is 5.92. The van der Waals surface area contributed by atoms with E-state index < -0.39 is 0 Å². The summed E-state index contributed by atoms with van der Waals surface area (Å²) in [5, 5.41) is 5.49. The molecule has 0 aliphatic carbocycles. The Morgan fingerprint density at radius 3 is 2.88 bits per heavy atom. The van der Waals surface area contributed by atoms with Gasteiger partial charge in [-0.3, -0.25) is 4.98 Å². The lowest BCUT2D eigenvalue weighted by Gasteiger charge is -2.16. The summed E-state index contributed by atoms with van der Waals surface area (Å²) in [5.74, 6) is 0. The molecule has 1 unspecified atom stereocenters. The molecule has 4 heteroatoms. The third kappa shape index (κ3) is 3.37. The normalized spacial score (nSPS) is 12.6. The van der Waals surface area contributed by atoms with Crippen LogP contribution in [0, 0.1) is 6.92 Å². The van der Waals surface area contributed by atoms with Gasteiger partial charge in [0.05, 0.1) is 0 Å². The fourth-order valence-corrected chi connectivity index (χ4v) is 3.33. The number of aromatic nitrogens is 1. The van der Waals surface area contributed by atoms with Gasteiger partial charge in [0.2, 0.25) is 0 Å². The van der Waals surface area contributed by atoms with E-state index in [0.717, 1.165) is 12.1 Å². The zero-order valence-electron chi connectivity index (χ0n) is 9.90. The summed E-state index contributed by atoms with van der Waals surface area (Å²) in [6, 6.07) is 6.76. The first-order valence-corrected chi connectivity index (χ1v) is 7.19. The van der Waals surface area contributed by atoms with Crippen LogP contribution in [0.2, 0.25) is 0 Å². The van der Waals surface area contributed by atoms with Crippen LogP contribution in [0.15, 0.2) is 34.2 Å². The summed E-state index contributed by atoms with van der Waals surface area (Å²) in [4.78, 5) is 5.62. The molecule has 0 fully saturated rings. The summed E-state index contributed by atoms with van der Waals surface area (Å²) < 4.78 is 1.17. The van der Waals surface area contributed by atoms with Gasteiger partial charge in [-0.2, -0.15) is 0 Å². The quantitative estimate of drug-likeness (QED) is 0.931. The van der Waals surface area contributed by atoms with Crippen molar-refractivity contribution in [2.24, 2.45) is 0 Å². The van der Waals surface area contributed by atoms with Crippen LogP contribution in [-0.2, 0) is 6.42 Å². The van der Waals surface area contributed by atoms with Gasteiger partial charge in [0.1, 0.15) is 0 Å². The monoisotopic (exact) mass is 310 g/mol. The Hall–Kier alpha value is -0.710. The molecular weight excluding hydrogens is 296 g/mol. The van der Waals surface area contributed by atoms with Crippen LogP contribution in [0.5, 0.6) is 0 Å². The van der Waals surface area contributed by atoms with E-state index in [1.54, 1.807) is 11.3 Å². The highest BCUT2D eigenvalue weighted by molar-refractivity contribution is 9.10. The van der Waals surface area contributed by atoms with E-state index in [4.69, 9.17) is 0 Å². The Morgan fingerprint density at radius 1 is 1.47 bits per heavy atom. The second-order valence-electron chi connectivity index (χ2n) is 4.01. The standard InChI is InChI=1S/C13H15BrN2S/c1-9-5-10(3-4-16-9)13(15-2)7-12-6-11(14)8-17-12/h3-6,8,13,15H,7H2,1-2H3. The van der Waals surface area contributed by atoms with E-state index >= 15 is 0 Å². The van der Waals surface area contributed by atoms with Crippen LogP contribution in [0.4, 0.5) is 0 Å². The largest absolute Gasteiger partial charge is 0.313 e. The number of rotatable bonds is 4. The van der Waals surface area contributed by atoms with Crippen LogP contribution in [0.25, 0.3) is 0 Å². The van der Waals surface area contributed by atoms with E-state index in [1.165, 1.54) is 14.9 Å².